The number of benzene rings is 1. The Kier molecular flexibility index (Phi) is 6.30. The summed E-state index contributed by atoms with van der Waals surface area (Å²) in [6.45, 7) is 7.82. The summed E-state index contributed by atoms with van der Waals surface area (Å²) in [5.41, 5.74) is 6.70. The number of hydrogen-bond acceptors (Lipinski definition) is 3. The highest BCUT2D eigenvalue weighted by atomic mass is 16.2. The Morgan fingerprint density at radius 1 is 1.13 bits per heavy atom. The van der Waals surface area contributed by atoms with Gasteiger partial charge in [-0.1, -0.05) is 32.9 Å². The lowest BCUT2D eigenvalue weighted by atomic mass is 9.87. The standard InChI is InChI=1S/C17H25N3O3/c1-11(9-14(18)21)20-15(22)10-19-16(23)12-5-7-13(8-6-12)17(2,3)4/h5-8,11H,9-10H2,1-4H3,(H2,18,21)(H,19,23)(H,20,22). The summed E-state index contributed by atoms with van der Waals surface area (Å²) >= 11 is 0. The first kappa shape index (κ1) is 18.7. The molecule has 0 heterocycles. The van der Waals surface area contributed by atoms with Crippen molar-refractivity contribution in [1.29, 1.82) is 0 Å². The van der Waals surface area contributed by atoms with E-state index in [2.05, 4.69) is 31.4 Å². The third-order valence-corrected chi connectivity index (χ3v) is 3.34. The van der Waals surface area contributed by atoms with E-state index in [1.807, 2.05) is 12.1 Å². The average Bonchev–Trinajstić information content (AvgIpc) is 2.43. The van der Waals surface area contributed by atoms with Crippen LogP contribution in [0.15, 0.2) is 24.3 Å². The number of amides is 3. The monoisotopic (exact) mass is 319 g/mol. The average molecular weight is 319 g/mol. The van der Waals surface area contributed by atoms with E-state index in [1.54, 1.807) is 19.1 Å². The molecule has 0 fully saturated rings. The highest BCUT2D eigenvalue weighted by molar-refractivity contribution is 5.96. The van der Waals surface area contributed by atoms with Gasteiger partial charge in [0, 0.05) is 18.0 Å². The van der Waals surface area contributed by atoms with Gasteiger partial charge in [-0.3, -0.25) is 14.4 Å². The van der Waals surface area contributed by atoms with Gasteiger partial charge in [0.25, 0.3) is 5.91 Å². The van der Waals surface area contributed by atoms with Crippen molar-refractivity contribution in [3.8, 4) is 0 Å². The zero-order chi connectivity index (χ0) is 17.6. The Hall–Kier alpha value is -2.37. The maximum Gasteiger partial charge on any atom is 0.251 e. The molecule has 126 valence electrons. The first-order chi connectivity index (χ1) is 10.6. The summed E-state index contributed by atoms with van der Waals surface area (Å²) in [7, 11) is 0. The van der Waals surface area contributed by atoms with Crippen LogP contribution in [-0.2, 0) is 15.0 Å². The summed E-state index contributed by atoms with van der Waals surface area (Å²) in [6, 6.07) is 6.93. The van der Waals surface area contributed by atoms with Crippen LogP contribution in [0.3, 0.4) is 0 Å². The number of rotatable bonds is 6. The van der Waals surface area contributed by atoms with E-state index in [0.717, 1.165) is 5.56 Å². The second-order valence-corrected chi connectivity index (χ2v) is 6.65. The van der Waals surface area contributed by atoms with Crippen LogP contribution in [0.5, 0.6) is 0 Å². The molecular formula is C17H25N3O3. The lowest BCUT2D eigenvalue weighted by molar-refractivity contribution is -0.121. The van der Waals surface area contributed by atoms with Crippen molar-refractivity contribution in [3.63, 3.8) is 0 Å². The molecule has 0 aliphatic heterocycles. The number of primary amides is 1. The van der Waals surface area contributed by atoms with E-state index >= 15 is 0 Å². The molecule has 0 aliphatic carbocycles. The minimum Gasteiger partial charge on any atom is -0.370 e. The summed E-state index contributed by atoms with van der Waals surface area (Å²) in [5.74, 6) is -1.16. The number of nitrogens with two attached hydrogens (primary N) is 1. The van der Waals surface area contributed by atoms with E-state index in [4.69, 9.17) is 5.73 Å². The fourth-order valence-corrected chi connectivity index (χ4v) is 2.06. The molecule has 6 heteroatoms. The summed E-state index contributed by atoms with van der Waals surface area (Å²) in [5, 5.41) is 5.14. The number of hydrogen-bond donors (Lipinski definition) is 3. The van der Waals surface area contributed by atoms with Crippen LogP contribution in [0.25, 0.3) is 0 Å². The van der Waals surface area contributed by atoms with Gasteiger partial charge in [0.05, 0.1) is 6.54 Å². The first-order valence-electron chi connectivity index (χ1n) is 7.56. The van der Waals surface area contributed by atoms with E-state index in [9.17, 15) is 14.4 Å². The first-order valence-corrected chi connectivity index (χ1v) is 7.56. The Labute approximate surface area is 136 Å². The van der Waals surface area contributed by atoms with Gasteiger partial charge in [0.2, 0.25) is 11.8 Å². The van der Waals surface area contributed by atoms with Crippen LogP contribution in [0.1, 0.15) is 50.0 Å². The van der Waals surface area contributed by atoms with Crippen molar-refractivity contribution in [1.82, 2.24) is 10.6 Å². The van der Waals surface area contributed by atoms with Crippen LogP contribution >= 0.6 is 0 Å². The fourth-order valence-electron chi connectivity index (χ4n) is 2.06. The highest BCUT2D eigenvalue weighted by Crippen LogP contribution is 2.22. The van der Waals surface area contributed by atoms with Crippen molar-refractivity contribution in [2.45, 2.75) is 45.6 Å². The molecule has 3 amide bonds. The number of nitrogens with one attached hydrogen (secondary N) is 2. The third kappa shape index (κ3) is 6.50. The summed E-state index contributed by atoms with van der Waals surface area (Å²) < 4.78 is 0. The molecule has 1 atom stereocenters. The van der Waals surface area contributed by atoms with E-state index in [0.29, 0.717) is 5.56 Å². The molecule has 23 heavy (non-hydrogen) atoms. The topological polar surface area (TPSA) is 101 Å². The maximum absolute atomic E-state index is 12.0. The van der Waals surface area contributed by atoms with Crippen molar-refractivity contribution >= 4 is 17.7 Å². The number of carbonyl (C=O) groups is 3. The maximum atomic E-state index is 12.0. The van der Waals surface area contributed by atoms with Crippen LogP contribution < -0.4 is 16.4 Å². The van der Waals surface area contributed by atoms with Gasteiger partial charge in [-0.2, -0.15) is 0 Å². The van der Waals surface area contributed by atoms with Crippen LogP contribution in [-0.4, -0.2) is 30.3 Å². The van der Waals surface area contributed by atoms with Gasteiger partial charge >= 0.3 is 0 Å². The molecular weight excluding hydrogens is 294 g/mol. The molecule has 0 aliphatic rings. The summed E-state index contributed by atoms with van der Waals surface area (Å²) in [6.07, 6.45) is 0.0634. The smallest absolute Gasteiger partial charge is 0.251 e. The van der Waals surface area contributed by atoms with Crippen LogP contribution in [0.2, 0.25) is 0 Å². The van der Waals surface area contributed by atoms with Gasteiger partial charge < -0.3 is 16.4 Å². The minimum atomic E-state index is -0.485. The zero-order valence-corrected chi connectivity index (χ0v) is 14.1. The molecule has 1 aromatic rings. The molecule has 6 nitrogen and oxygen atoms in total. The van der Waals surface area contributed by atoms with Crippen molar-refractivity contribution in [3.05, 3.63) is 35.4 Å². The molecule has 0 aromatic heterocycles. The molecule has 1 rings (SSSR count). The molecule has 1 unspecified atom stereocenters. The molecule has 4 N–H and O–H groups in total. The minimum absolute atomic E-state index is 0.0193. The van der Waals surface area contributed by atoms with Crippen LogP contribution in [0, 0.1) is 0 Å². The second kappa shape index (κ2) is 7.76. The van der Waals surface area contributed by atoms with E-state index in [-0.39, 0.29) is 36.2 Å². The van der Waals surface area contributed by atoms with E-state index in [1.165, 1.54) is 0 Å². The van der Waals surface area contributed by atoms with Crippen LogP contribution in [0.4, 0.5) is 0 Å². The Morgan fingerprint density at radius 3 is 2.17 bits per heavy atom. The molecule has 0 bridgehead atoms. The largest absolute Gasteiger partial charge is 0.370 e. The second-order valence-electron chi connectivity index (χ2n) is 6.65. The molecule has 0 saturated heterocycles. The van der Waals surface area contributed by atoms with Gasteiger partial charge in [0.15, 0.2) is 0 Å². The quantitative estimate of drug-likeness (QED) is 0.731. The fraction of sp³-hybridized carbons (Fsp3) is 0.471. The van der Waals surface area contributed by atoms with Gasteiger partial charge in [-0.15, -0.1) is 0 Å². The predicted molar refractivity (Wildman–Crippen MR) is 88.9 cm³/mol. The van der Waals surface area contributed by atoms with Crippen molar-refractivity contribution in [2.24, 2.45) is 5.73 Å². The lowest BCUT2D eigenvalue weighted by Crippen LogP contribution is -2.42. The molecule has 0 radical (unpaired) electrons. The van der Waals surface area contributed by atoms with Gasteiger partial charge in [-0.25, -0.2) is 0 Å². The van der Waals surface area contributed by atoms with E-state index < -0.39 is 5.91 Å². The van der Waals surface area contributed by atoms with Gasteiger partial charge in [0.1, 0.15) is 0 Å². The Balaban J connectivity index is 2.50. The van der Waals surface area contributed by atoms with Crippen molar-refractivity contribution < 1.29 is 14.4 Å². The van der Waals surface area contributed by atoms with Crippen molar-refractivity contribution in [2.75, 3.05) is 6.54 Å². The Morgan fingerprint density at radius 2 is 1.70 bits per heavy atom. The Bertz CT molecular complexity index is 574. The SMILES string of the molecule is CC(CC(N)=O)NC(=O)CNC(=O)c1ccc(C(C)(C)C)cc1. The molecule has 1 aromatic carbocycles. The predicted octanol–water partition coefficient (Wildman–Crippen LogP) is 1.09. The zero-order valence-electron chi connectivity index (χ0n) is 14.1. The van der Waals surface area contributed by atoms with Gasteiger partial charge in [-0.05, 0) is 30.0 Å². The molecule has 0 spiro atoms. The summed E-state index contributed by atoms with van der Waals surface area (Å²) in [4.78, 5) is 34.4. The third-order valence-electron chi connectivity index (χ3n) is 3.34. The number of carbonyl (C=O) groups excluding carboxylic acids is 3. The molecule has 0 saturated carbocycles. The lowest BCUT2D eigenvalue weighted by Gasteiger charge is -2.19. The normalized spacial score (nSPS) is 12.3. The highest BCUT2D eigenvalue weighted by Gasteiger charge is 2.15.